The summed E-state index contributed by atoms with van der Waals surface area (Å²) in [5, 5.41) is 12.9. The number of carbonyl (C=O) groups excluding carboxylic acids is 1. The van der Waals surface area contributed by atoms with E-state index < -0.39 is 17.9 Å². The number of hydrogen-bond acceptors (Lipinski definition) is 5. The van der Waals surface area contributed by atoms with E-state index in [4.69, 9.17) is 16.3 Å². The molecule has 6 nitrogen and oxygen atoms in total. The molecule has 8 heteroatoms. The SMILES string of the molecule is COc1ccc(C(NC(=O)c2sc(C)nc2C)C(=O)O)cc1Cl. The second-order valence-electron chi connectivity index (χ2n) is 4.79. The van der Waals surface area contributed by atoms with E-state index in [0.717, 1.165) is 5.01 Å². The lowest BCUT2D eigenvalue weighted by atomic mass is 10.1. The van der Waals surface area contributed by atoms with Crippen molar-refractivity contribution < 1.29 is 19.4 Å². The number of methoxy groups -OCH3 is 1. The van der Waals surface area contributed by atoms with Gasteiger partial charge in [0.1, 0.15) is 10.6 Å². The summed E-state index contributed by atoms with van der Waals surface area (Å²) in [6.07, 6.45) is 0. The van der Waals surface area contributed by atoms with Crippen LogP contribution in [0.4, 0.5) is 0 Å². The molecule has 2 aromatic rings. The standard InChI is InChI=1S/C15H15ClN2O4S/c1-7-13(23-8(2)17-7)14(19)18-12(15(20)21)9-4-5-11(22-3)10(16)6-9/h4-6,12H,1-3H3,(H,18,19)(H,20,21). The van der Waals surface area contributed by atoms with Crippen LogP contribution in [0.1, 0.15) is 32.0 Å². The smallest absolute Gasteiger partial charge is 0.330 e. The minimum Gasteiger partial charge on any atom is -0.495 e. The van der Waals surface area contributed by atoms with Crippen LogP contribution in [0.5, 0.6) is 5.75 Å². The first-order valence-corrected chi connectivity index (χ1v) is 7.84. The van der Waals surface area contributed by atoms with E-state index in [0.29, 0.717) is 21.9 Å². The lowest BCUT2D eigenvalue weighted by Crippen LogP contribution is -2.33. The molecule has 1 heterocycles. The molecule has 122 valence electrons. The average molecular weight is 355 g/mol. The van der Waals surface area contributed by atoms with E-state index in [9.17, 15) is 14.7 Å². The predicted molar refractivity (Wildman–Crippen MR) is 87.4 cm³/mol. The molecule has 1 amide bonds. The van der Waals surface area contributed by atoms with E-state index in [-0.39, 0.29) is 5.02 Å². The van der Waals surface area contributed by atoms with Crippen LogP contribution >= 0.6 is 22.9 Å². The molecular weight excluding hydrogens is 340 g/mol. The summed E-state index contributed by atoms with van der Waals surface area (Å²) in [6.45, 7) is 3.49. The normalized spacial score (nSPS) is 11.8. The van der Waals surface area contributed by atoms with Gasteiger partial charge in [-0.2, -0.15) is 0 Å². The summed E-state index contributed by atoms with van der Waals surface area (Å²) in [7, 11) is 1.46. The van der Waals surface area contributed by atoms with Gasteiger partial charge in [-0.25, -0.2) is 9.78 Å². The first-order chi connectivity index (χ1) is 10.8. The number of carboxylic acid groups (broad SMARTS) is 1. The molecule has 0 fully saturated rings. The third-order valence-corrected chi connectivity index (χ3v) is 4.51. The molecule has 0 aliphatic rings. The Morgan fingerprint density at radius 1 is 1.39 bits per heavy atom. The van der Waals surface area contributed by atoms with Crippen molar-refractivity contribution >= 4 is 34.8 Å². The molecule has 1 aromatic heterocycles. The Morgan fingerprint density at radius 3 is 2.57 bits per heavy atom. The Bertz CT molecular complexity index is 760. The Hall–Kier alpha value is -2.12. The molecule has 0 spiro atoms. The van der Waals surface area contributed by atoms with Crippen LogP contribution < -0.4 is 10.1 Å². The summed E-state index contributed by atoms with van der Waals surface area (Å²) < 4.78 is 5.04. The number of ether oxygens (including phenoxy) is 1. The number of carboxylic acids is 1. The van der Waals surface area contributed by atoms with Crippen molar-refractivity contribution in [2.75, 3.05) is 7.11 Å². The molecule has 0 saturated carbocycles. The molecule has 23 heavy (non-hydrogen) atoms. The highest BCUT2D eigenvalue weighted by Crippen LogP contribution is 2.28. The van der Waals surface area contributed by atoms with Crippen molar-refractivity contribution in [3.63, 3.8) is 0 Å². The van der Waals surface area contributed by atoms with Crippen molar-refractivity contribution in [2.24, 2.45) is 0 Å². The van der Waals surface area contributed by atoms with Crippen LogP contribution in [-0.4, -0.2) is 29.1 Å². The lowest BCUT2D eigenvalue weighted by molar-refractivity contribution is -0.139. The van der Waals surface area contributed by atoms with Crippen LogP contribution in [0.25, 0.3) is 0 Å². The van der Waals surface area contributed by atoms with Gasteiger partial charge in [0, 0.05) is 0 Å². The number of thiazole rings is 1. The minimum atomic E-state index is -1.22. The maximum Gasteiger partial charge on any atom is 0.330 e. The summed E-state index contributed by atoms with van der Waals surface area (Å²) in [4.78, 5) is 28.4. The predicted octanol–water partition coefficient (Wildman–Crippen LogP) is 2.98. The average Bonchev–Trinajstić information content (AvgIpc) is 2.83. The monoisotopic (exact) mass is 354 g/mol. The maximum atomic E-state index is 12.3. The lowest BCUT2D eigenvalue weighted by Gasteiger charge is -2.15. The fourth-order valence-corrected chi connectivity index (χ4v) is 3.18. The van der Waals surface area contributed by atoms with Crippen LogP contribution in [0.2, 0.25) is 5.02 Å². The topological polar surface area (TPSA) is 88.5 Å². The number of halogens is 1. The number of carbonyl (C=O) groups is 2. The number of aryl methyl sites for hydroxylation is 2. The summed E-state index contributed by atoms with van der Waals surface area (Å²) in [5.41, 5.74) is 0.928. The molecular formula is C15H15ClN2O4S. The molecule has 0 radical (unpaired) electrons. The molecule has 2 rings (SSSR count). The number of nitrogens with zero attached hydrogens (tertiary/aromatic N) is 1. The fraction of sp³-hybridized carbons (Fsp3) is 0.267. The van der Waals surface area contributed by atoms with Crippen LogP contribution in [0.15, 0.2) is 18.2 Å². The number of amides is 1. The van der Waals surface area contributed by atoms with Crippen molar-refractivity contribution in [3.8, 4) is 5.75 Å². The van der Waals surface area contributed by atoms with Gasteiger partial charge < -0.3 is 15.2 Å². The molecule has 1 unspecified atom stereocenters. The third kappa shape index (κ3) is 3.80. The summed E-state index contributed by atoms with van der Waals surface area (Å²) in [6, 6.07) is 3.36. The minimum absolute atomic E-state index is 0.273. The van der Waals surface area contributed by atoms with Crippen molar-refractivity contribution in [2.45, 2.75) is 19.9 Å². The van der Waals surface area contributed by atoms with Gasteiger partial charge in [0.05, 0.1) is 22.8 Å². The highest BCUT2D eigenvalue weighted by atomic mass is 35.5. The zero-order chi connectivity index (χ0) is 17.1. The Labute approximate surface area is 142 Å². The van der Waals surface area contributed by atoms with Gasteiger partial charge in [0.15, 0.2) is 6.04 Å². The molecule has 0 bridgehead atoms. The summed E-state index contributed by atoms with van der Waals surface area (Å²) >= 11 is 7.24. The summed E-state index contributed by atoms with van der Waals surface area (Å²) in [5.74, 6) is -1.23. The quantitative estimate of drug-likeness (QED) is 0.861. The van der Waals surface area contributed by atoms with Crippen LogP contribution in [0.3, 0.4) is 0 Å². The van der Waals surface area contributed by atoms with Gasteiger partial charge in [-0.1, -0.05) is 17.7 Å². The van der Waals surface area contributed by atoms with E-state index >= 15 is 0 Å². The van der Waals surface area contributed by atoms with E-state index in [1.165, 1.54) is 24.5 Å². The van der Waals surface area contributed by atoms with Crippen molar-refractivity contribution in [3.05, 3.63) is 44.4 Å². The molecule has 0 saturated heterocycles. The van der Waals surface area contributed by atoms with Gasteiger partial charge in [-0.05, 0) is 31.5 Å². The highest BCUT2D eigenvalue weighted by molar-refractivity contribution is 7.13. The molecule has 0 aliphatic heterocycles. The molecule has 2 N–H and O–H groups in total. The molecule has 1 aromatic carbocycles. The second kappa shape index (κ2) is 6.97. The van der Waals surface area contributed by atoms with E-state index in [2.05, 4.69) is 10.3 Å². The molecule has 0 aliphatic carbocycles. The number of rotatable bonds is 5. The first kappa shape index (κ1) is 17.2. The second-order valence-corrected chi connectivity index (χ2v) is 6.40. The Morgan fingerprint density at radius 2 is 2.09 bits per heavy atom. The first-order valence-electron chi connectivity index (χ1n) is 6.64. The van der Waals surface area contributed by atoms with Gasteiger partial charge in [-0.15, -0.1) is 11.3 Å². The Kier molecular flexibility index (Phi) is 5.23. The van der Waals surface area contributed by atoms with E-state index in [1.807, 2.05) is 0 Å². The number of nitrogens with one attached hydrogen (secondary N) is 1. The third-order valence-electron chi connectivity index (χ3n) is 3.14. The Balaban J connectivity index is 2.29. The highest BCUT2D eigenvalue weighted by Gasteiger charge is 2.25. The van der Waals surface area contributed by atoms with Crippen LogP contribution in [0, 0.1) is 13.8 Å². The van der Waals surface area contributed by atoms with Crippen molar-refractivity contribution in [1.82, 2.24) is 10.3 Å². The van der Waals surface area contributed by atoms with Crippen molar-refractivity contribution in [1.29, 1.82) is 0 Å². The zero-order valence-corrected chi connectivity index (χ0v) is 14.3. The number of benzene rings is 1. The zero-order valence-electron chi connectivity index (χ0n) is 12.7. The van der Waals surface area contributed by atoms with Gasteiger partial charge in [0.25, 0.3) is 5.91 Å². The molecule has 1 atom stereocenters. The van der Waals surface area contributed by atoms with E-state index in [1.54, 1.807) is 26.0 Å². The largest absolute Gasteiger partial charge is 0.495 e. The van der Waals surface area contributed by atoms with Gasteiger partial charge in [-0.3, -0.25) is 4.79 Å². The number of aliphatic carboxylic acids is 1. The fourth-order valence-electron chi connectivity index (χ4n) is 2.09. The van der Waals surface area contributed by atoms with Gasteiger partial charge in [0.2, 0.25) is 0 Å². The number of aromatic nitrogens is 1. The number of hydrogen-bond donors (Lipinski definition) is 2. The maximum absolute atomic E-state index is 12.3. The van der Waals surface area contributed by atoms with Crippen LogP contribution in [-0.2, 0) is 4.79 Å². The van der Waals surface area contributed by atoms with Gasteiger partial charge >= 0.3 is 5.97 Å².